The van der Waals surface area contributed by atoms with Gasteiger partial charge in [-0.05, 0) is 50.7 Å². The van der Waals surface area contributed by atoms with Gasteiger partial charge in [0, 0.05) is 27.8 Å². The maximum atomic E-state index is 13.3. The van der Waals surface area contributed by atoms with E-state index in [1.807, 2.05) is 32.2 Å². The van der Waals surface area contributed by atoms with Gasteiger partial charge in [0.15, 0.2) is 0 Å². The summed E-state index contributed by atoms with van der Waals surface area (Å²) in [7, 11) is 1.95. The van der Waals surface area contributed by atoms with E-state index in [1.165, 1.54) is 0 Å². The van der Waals surface area contributed by atoms with Crippen LogP contribution in [-0.4, -0.2) is 30.9 Å². The average molecular weight is 455 g/mol. The number of nitrogens with one attached hydrogen (secondary N) is 1. The number of para-hydroxylation sites is 1. The van der Waals surface area contributed by atoms with Gasteiger partial charge in [-0.2, -0.15) is 13.2 Å². The summed E-state index contributed by atoms with van der Waals surface area (Å²) >= 11 is 3.19. The first-order valence-electron chi connectivity index (χ1n) is 8.93. The summed E-state index contributed by atoms with van der Waals surface area (Å²) in [5, 5.41) is 3.24. The van der Waals surface area contributed by atoms with Gasteiger partial charge in [0.2, 0.25) is 0 Å². The van der Waals surface area contributed by atoms with Crippen LogP contribution in [0.3, 0.4) is 0 Å². The number of halogens is 4. The molecule has 2 aromatic carbocycles. The van der Waals surface area contributed by atoms with Crippen LogP contribution in [0.2, 0.25) is 0 Å². The van der Waals surface area contributed by atoms with Crippen molar-refractivity contribution in [1.82, 2.24) is 4.90 Å². The summed E-state index contributed by atoms with van der Waals surface area (Å²) < 4.78 is 40.1. The summed E-state index contributed by atoms with van der Waals surface area (Å²) in [5.74, 6) is 0.415. The second-order valence-corrected chi connectivity index (χ2v) is 7.78. The fraction of sp³-hybridized carbons (Fsp3) is 0.350. The number of nitrogens with two attached hydrogens (primary N) is 1. The van der Waals surface area contributed by atoms with Gasteiger partial charge in [0.1, 0.15) is 12.0 Å². The minimum atomic E-state index is -4.43. The summed E-state index contributed by atoms with van der Waals surface area (Å²) in [6.07, 6.45) is -3.92. The molecule has 0 spiro atoms. The molecule has 1 atom stereocenters. The molecule has 1 aliphatic rings. The number of alkyl halides is 3. The van der Waals surface area contributed by atoms with Crippen molar-refractivity contribution in [2.45, 2.75) is 25.7 Å². The van der Waals surface area contributed by atoms with E-state index in [9.17, 15) is 13.2 Å². The van der Waals surface area contributed by atoms with E-state index in [0.29, 0.717) is 22.4 Å². The van der Waals surface area contributed by atoms with E-state index >= 15 is 0 Å². The fourth-order valence-corrected chi connectivity index (χ4v) is 3.75. The van der Waals surface area contributed by atoms with E-state index in [-0.39, 0.29) is 6.17 Å². The van der Waals surface area contributed by atoms with E-state index in [0.717, 1.165) is 41.9 Å². The molecular formula is C20H22BrF3N4. The number of rotatable bonds is 5. The maximum Gasteiger partial charge on any atom is 0.416 e. The normalized spacial score (nSPS) is 16.6. The molecule has 28 heavy (non-hydrogen) atoms. The van der Waals surface area contributed by atoms with Gasteiger partial charge in [-0.1, -0.05) is 34.1 Å². The van der Waals surface area contributed by atoms with Crippen LogP contribution in [0.4, 0.5) is 18.9 Å². The molecule has 150 valence electrons. The standard InChI is InChI=1S/C20H22BrF3N4/c1-12-5-3-6-16-17(12)26-18(27-19(16)28(2)8-4-7-25)13-9-14(20(22,23)24)11-15(21)10-13/h3,5-6,9-11,19H,4,7-8,25H2,1-2H3,(H,26,27). The van der Waals surface area contributed by atoms with Crippen molar-refractivity contribution in [1.29, 1.82) is 0 Å². The quantitative estimate of drug-likeness (QED) is 0.673. The maximum absolute atomic E-state index is 13.3. The van der Waals surface area contributed by atoms with Crippen molar-refractivity contribution >= 4 is 27.5 Å². The molecule has 2 aromatic rings. The summed E-state index contributed by atoms with van der Waals surface area (Å²) in [6.45, 7) is 3.26. The van der Waals surface area contributed by atoms with Crippen molar-refractivity contribution in [3.63, 3.8) is 0 Å². The third-order valence-electron chi connectivity index (χ3n) is 4.71. The molecular weight excluding hydrogens is 433 g/mol. The number of amidine groups is 1. The van der Waals surface area contributed by atoms with E-state index in [1.54, 1.807) is 6.07 Å². The number of aliphatic imine (C=N–C) groups is 1. The minimum Gasteiger partial charge on any atom is -0.339 e. The highest BCUT2D eigenvalue weighted by atomic mass is 79.9. The number of hydrogen-bond donors (Lipinski definition) is 2. The molecule has 1 aliphatic heterocycles. The lowest BCUT2D eigenvalue weighted by Gasteiger charge is -2.32. The second-order valence-electron chi connectivity index (χ2n) is 6.86. The van der Waals surface area contributed by atoms with E-state index in [2.05, 4.69) is 26.1 Å². The first-order chi connectivity index (χ1) is 13.2. The topological polar surface area (TPSA) is 53.7 Å². The van der Waals surface area contributed by atoms with Crippen LogP contribution in [0.25, 0.3) is 0 Å². The van der Waals surface area contributed by atoms with Gasteiger partial charge >= 0.3 is 6.18 Å². The highest BCUT2D eigenvalue weighted by Crippen LogP contribution is 2.37. The van der Waals surface area contributed by atoms with Gasteiger partial charge in [0.05, 0.1) is 5.56 Å². The molecule has 0 amide bonds. The Morgan fingerprint density at radius 2 is 2.00 bits per heavy atom. The lowest BCUT2D eigenvalue weighted by Crippen LogP contribution is -2.32. The highest BCUT2D eigenvalue weighted by molar-refractivity contribution is 9.10. The molecule has 0 aromatic heterocycles. The molecule has 3 N–H and O–H groups in total. The largest absolute Gasteiger partial charge is 0.416 e. The Balaban J connectivity index is 2.08. The fourth-order valence-electron chi connectivity index (χ4n) is 3.25. The van der Waals surface area contributed by atoms with Crippen LogP contribution in [0.15, 0.2) is 45.9 Å². The van der Waals surface area contributed by atoms with Gasteiger partial charge in [0.25, 0.3) is 0 Å². The molecule has 4 nitrogen and oxygen atoms in total. The van der Waals surface area contributed by atoms with Crippen LogP contribution in [0, 0.1) is 6.92 Å². The SMILES string of the molecule is Cc1cccc2c1NC(c1cc(Br)cc(C(F)(F)F)c1)=NC2N(C)CCCN. The zero-order valence-electron chi connectivity index (χ0n) is 15.6. The van der Waals surface area contributed by atoms with E-state index in [4.69, 9.17) is 10.7 Å². The predicted molar refractivity (Wildman–Crippen MR) is 110 cm³/mol. The minimum absolute atomic E-state index is 0.300. The number of hydrogen-bond acceptors (Lipinski definition) is 4. The van der Waals surface area contributed by atoms with Crippen molar-refractivity contribution < 1.29 is 13.2 Å². The van der Waals surface area contributed by atoms with Gasteiger partial charge in [-0.3, -0.25) is 4.90 Å². The van der Waals surface area contributed by atoms with Crippen molar-refractivity contribution in [2.75, 3.05) is 25.5 Å². The Labute approximate surface area is 170 Å². The highest BCUT2D eigenvalue weighted by Gasteiger charge is 2.32. The van der Waals surface area contributed by atoms with Crippen LogP contribution >= 0.6 is 15.9 Å². The molecule has 0 saturated carbocycles. The predicted octanol–water partition coefficient (Wildman–Crippen LogP) is 4.93. The Hall–Kier alpha value is -1.90. The van der Waals surface area contributed by atoms with Crippen molar-refractivity contribution in [3.05, 3.63) is 63.1 Å². The van der Waals surface area contributed by atoms with Gasteiger partial charge in [-0.25, -0.2) is 4.99 Å². The molecule has 1 unspecified atom stereocenters. The third-order valence-corrected chi connectivity index (χ3v) is 5.17. The van der Waals surface area contributed by atoms with Crippen molar-refractivity contribution in [3.8, 4) is 0 Å². The number of anilines is 1. The molecule has 0 bridgehead atoms. The average Bonchev–Trinajstić information content (AvgIpc) is 2.64. The lowest BCUT2D eigenvalue weighted by atomic mass is 10.0. The molecule has 8 heteroatoms. The van der Waals surface area contributed by atoms with Crippen LogP contribution in [0.1, 0.15) is 34.8 Å². The Morgan fingerprint density at radius 3 is 2.68 bits per heavy atom. The van der Waals surface area contributed by atoms with Crippen LogP contribution in [0.5, 0.6) is 0 Å². The summed E-state index contributed by atoms with van der Waals surface area (Å²) in [4.78, 5) is 6.82. The first-order valence-corrected chi connectivity index (χ1v) is 9.73. The van der Waals surface area contributed by atoms with Gasteiger partial charge in [-0.15, -0.1) is 0 Å². The Morgan fingerprint density at radius 1 is 1.25 bits per heavy atom. The molecule has 3 rings (SSSR count). The zero-order valence-corrected chi connectivity index (χ0v) is 17.2. The van der Waals surface area contributed by atoms with Crippen LogP contribution in [-0.2, 0) is 6.18 Å². The molecule has 0 radical (unpaired) electrons. The second kappa shape index (κ2) is 8.23. The molecule has 0 fully saturated rings. The summed E-state index contributed by atoms with van der Waals surface area (Å²) in [6, 6.07) is 9.74. The Kier molecular flexibility index (Phi) is 6.12. The molecule has 0 aliphatic carbocycles. The smallest absolute Gasteiger partial charge is 0.339 e. The molecule has 1 heterocycles. The number of fused-ring (bicyclic) bond motifs is 1. The summed E-state index contributed by atoms with van der Waals surface area (Å²) in [5.41, 5.74) is 8.18. The number of nitrogens with zero attached hydrogens (tertiary/aromatic N) is 2. The van der Waals surface area contributed by atoms with Crippen molar-refractivity contribution in [2.24, 2.45) is 10.7 Å². The zero-order chi connectivity index (χ0) is 20.5. The third kappa shape index (κ3) is 4.39. The van der Waals surface area contributed by atoms with Crippen LogP contribution < -0.4 is 11.1 Å². The number of aryl methyl sites for hydroxylation is 1. The Bertz CT molecular complexity index is 896. The van der Waals surface area contributed by atoms with Gasteiger partial charge < -0.3 is 11.1 Å². The monoisotopic (exact) mass is 454 g/mol. The first kappa shape index (κ1) is 20.8. The number of benzene rings is 2. The lowest BCUT2D eigenvalue weighted by molar-refractivity contribution is -0.137. The van der Waals surface area contributed by atoms with E-state index < -0.39 is 11.7 Å². The molecule has 0 saturated heterocycles.